The van der Waals surface area contributed by atoms with E-state index < -0.39 is 0 Å². The minimum absolute atomic E-state index is 0.00610. The minimum Gasteiger partial charge on any atom is -0.373 e. The quantitative estimate of drug-likeness (QED) is 0.916. The molecule has 2 rings (SSSR count). The van der Waals surface area contributed by atoms with E-state index in [1.807, 2.05) is 7.05 Å². The maximum atomic E-state index is 13.2. The Labute approximate surface area is 120 Å². The summed E-state index contributed by atoms with van der Waals surface area (Å²) in [5.41, 5.74) is 0.485. The zero-order chi connectivity index (χ0) is 13.8. The number of benzene rings is 1. The molecule has 0 saturated carbocycles. The van der Waals surface area contributed by atoms with Crippen LogP contribution in [0.25, 0.3) is 0 Å². The Hall–Kier alpha value is -0.980. The molecule has 0 aromatic heterocycles. The van der Waals surface area contributed by atoms with Crippen LogP contribution in [0.3, 0.4) is 0 Å². The van der Waals surface area contributed by atoms with Crippen molar-refractivity contribution >= 4 is 21.8 Å². The van der Waals surface area contributed by atoms with E-state index in [1.54, 1.807) is 4.90 Å². The first kappa shape index (κ1) is 14.4. The van der Waals surface area contributed by atoms with Crippen LogP contribution in [0, 0.1) is 5.82 Å². The highest BCUT2D eigenvalue weighted by molar-refractivity contribution is 9.10. The molecule has 1 aromatic rings. The molecule has 1 aromatic carbocycles. The van der Waals surface area contributed by atoms with Crippen molar-refractivity contribution < 1.29 is 13.9 Å². The van der Waals surface area contributed by atoms with E-state index in [2.05, 4.69) is 21.2 Å². The fourth-order valence-electron chi connectivity index (χ4n) is 2.07. The third-order valence-electron chi connectivity index (χ3n) is 3.02. The van der Waals surface area contributed by atoms with E-state index >= 15 is 0 Å². The van der Waals surface area contributed by atoms with Crippen molar-refractivity contribution in [3.63, 3.8) is 0 Å². The number of likely N-dealkylation sites (N-methyl/N-ethyl adjacent to an activating group) is 1. The van der Waals surface area contributed by atoms with Gasteiger partial charge in [-0.25, -0.2) is 4.39 Å². The summed E-state index contributed by atoms with van der Waals surface area (Å²) in [4.78, 5) is 14.1. The number of ether oxygens (including phenoxy) is 1. The molecule has 19 heavy (non-hydrogen) atoms. The van der Waals surface area contributed by atoms with Crippen molar-refractivity contribution in [2.24, 2.45) is 0 Å². The van der Waals surface area contributed by atoms with Crippen LogP contribution < -0.4 is 5.32 Å². The van der Waals surface area contributed by atoms with Crippen molar-refractivity contribution in [3.8, 4) is 0 Å². The first-order chi connectivity index (χ1) is 9.11. The van der Waals surface area contributed by atoms with Crippen LogP contribution in [0.2, 0.25) is 0 Å². The summed E-state index contributed by atoms with van der Waals surface area (Å²) in [5, 5.41) is 3.03. The molecule has 1 fully saturated rings. The minimum atomic E-state index is -0.369. The maximum Gasteiger partial charge on any atom is 0.254 e. The molecule has 1 saturated heterocycles. The van der Waals surface area contributed by atoms with Crippen molar-refractivity contribution in [2.45, 2.75) is 6.10 Å². The van der Waals surface area contributed by atoms with E-state index in [-0.39, 0.29) is 17.8 Å². The number of carbonyl (C=O) groups excluding carboxylic acids is 1. The Morgan fingerprint density at radius 3 is 3.11 bits per heavy atom. The van der Waals surface area contributed by atoms with Crippen LogP contribution in [0.4, 0.5) is 4.39 Å². The summed E-state index contributed by atoms with van der Waals surface area (Å²) in [6.45, 7) is 2.35. The molecule has 1 heterocycles. The summed E-state index contributed by atoms with van der Waals surface area (Å²) in [6, 6.07) is 4.31. The Kier molecular flexibility index (Phi) is 4.90. The highest BCUT2D eigenvalue weighted by Gasteiger charge is 2.24. The fraction of sp³-hybridized carbons (Fsp3) is 0.462. The predicted molar refractivity (Wildman–Crippen MR) is 73.7 cm³/mol. The molecule has 6 heteroatoms. The zero-order valence-electron chi connectivity index (χ0n) is 10.7. The van der Waals surface area contributed by atoms with Gasteiger partial charge in [-0.2, -0.15) is 0 Å². The lowest BCUT2D eigenvalue weighted by molar-refractivity contribution is -0.0196. The second-order valence-corrected chi connectivity index (χ2v) is 5.28. The van der Waals surface area contributed by atoms with Gasteiger partial charge in [0, 0.05) is 25.2 Å². The second kappa shape index (κ2) is 6.45. The molecule has 0 spiro atoms. The van der Waals surface area contributed by atoms with Crippen LogP contribution in [0.1, 0.15) is 10.4 Å². The molecule has 0 aliphatic carbocycles. The first-order valence-electron chi connectivity index (χ1n) is 6.12. The van der Waals surface area contributed by atoms with Gasteiger partial charge in [-0.05, 0) is 41.2 Å². The fourth-order valence-corrected chi connectivity index (χ4v) is 2.45. The van der Waals surface area contributed by atoms with Crippen molar-refractivity contribution in [1.82, 2.24) is 10.2 Å². The van der Waals surface area contributed by atoms with Crippen LogP contribution in [0.5, 0.6) is 0 Å². The van der Waals surface area contributed by atoms with E-state index in [9.17, 15) is 9.18 Å². The number of nitrogens with zero attached hydrogens (tertiary/aromatic N) is 1. The van der Waals surface area contributed by atoms with Gasteiger partial charge in [-0.15, -0.1) is 0 Å². The third kappa shape index (κ3) is 3.52. The Morgan fingerprint density at radius 2 is 2.42 bits per heavy atom. The van der Waals surface area contributed by atoms with E-state index in [0.717, 1.165) is 0 Å². The average Bonchev–Trinajstić information content (AvgIpc) is 2.42. The number of hydrogen-bond acceptors (Lipinski definition) is 3. The van der Waals surface area contributed by atoms with Crippen molar-refractivity contribution in [2.75, 3.05) is 33.3 Å². The largest absolute Gasteiger partial charge is 0.373 e. The summed E-state index contributed by atoms with van der Waals surface area (Å²) < 4.78 is 19.0. The SMILES string of the molecule is CNCC1CN(C(=O)c2ccc(F)c(Br)c2)CCO1. The van der Waals surface area contributed by atoms with Gasteiger partial charge in [0.15, 0.2) is 0 Å². The van der Waals surface area contributed by atoms with Gasteiger partial charge in [-0.3, -0.25) is 4.79 Å². The number of hydrogen-bond donors (Lipinski definition) is 1. The molecule has 1 N–H and O–H groups in total. The van der Waals surface area contributed by atoms with E-state index in [1.165, 1.54) is 18.2 Å². The molecular formula is C13H16BrFN2O2. The van der Waals surface area contributed by atoms with Gasteiger partial charge >= 0.3 is 0 Å². The summed E-state index contributed by atoms with van der Waals surface area (Å²) in [5.74, 6) is -0.461. The Balaban J connectivity index is 2.08. The Bertz CT molecular complexity index is 468. The molecule has 1 aliphatic rings. The molecular weight excluding hydrogens is 315 g/mol. The number of amides is 1. The van der Waals surface area contributed by atoms with Crippen LogP contribution in [0.15, 0.2) is 22.7 Å². The summed E-state index contributed by atoms with van der Waals surface area (Å²) in [7, 11) is 1.85. The molecule has 1 atom stereocenters. The normalized spacial score (nSPS) is 19.5. The second-order valence-electron chi connectivity index (χ2n) is 4.43. The number of rotatable bonds is 3. The van der Waals surface area contributed by atoms with Gasteiger partial charge < -0.3 is 15.0 Å². The van der Waals surface area contributed by atoms with Gasteiger partial charge in [0.2, 0.25) is 0 Å². The number of carbonyl (C=O) groups is 1. The van der Waals surface area contributed by atoms with Gasteiger partial charge in [-0.1, -0.05) is 0 Å². The molecule has 0 bridgehead atoms. The highest BCUT2D eigenvalue weighted by atomic mass is 79.9. The van der Waals surface area contributed by atoms with Gasteiger partial charge in [0.1, 0.15) is 5.82 Å². The van der Waals surface area contributed by atoms with Crippen molar-refractivity contribution in [1.29, 1.82) is 0 Å². The smallest absolute Gasteiger partial charge is 0.254 e. The van der Waals surface area contributed by atoms with E-state index in [0.29, 0.717) is 36.3 Å². The number of morpholine rings is 1. The van der Waals surface area contributed by atoms with Gasteiger partial charge in [0.05, 0.1) is 17.2 Å². The van der Waals surface area contributed by atoms with Gasteiger partial charge in [0.25, 0.3) is 5.91 Å². The molecule has 1 unspecified atom stereocenters. The molecule has 0 radical (unpaired) electrons. The third-order valence-corrected chi connectivity index (χ3v) is 3.63. The molecule has 104 valence electrons. The summed E-state index contributed by atoms with van der Waals surface area (Å²) in [6.07, 6.45) is 0.00610. The van der Waals surface area contributed by atoms with Crippen molar-refractivity contribution in [3.05, 3.63) is 34.1 Å². The lowest BCUT2D eigenvalue weighted by Gasteiger charge is -2.33. The van der Waals surface area contributed by atoms with E-state index in [4.69, 9.17) is 4.74 Å². The van der Waals surface area contributed by atoms with Crippen LogP contribution in [-0.4, -0.2) is 50.2 Å². The Morgan fingerprint density at radius 1 is 1.63 bits per heavy atom. The standard InChI is InChI=1S/C13H16BrFN2O2/c1-16-7-10-8-17(4-5-19-10)13(18)9-2-3-12(15)11(14)6-9/h2-3,6,10,16H,4-5,7-8H2,1H3. The lowest BCUT2D eigenvalue weighted by Crippen LogP contribution is -2.48. The van der Waals surface area contributed by atoms with Crippen LogP contribution in [-0.2, 0) is 4.74 Å². The number of halogens is 2. The molecule has 1 aliphatic heterocycles. The van der Waals surface area contributed by atoms with Crippen LogP contribution >= 0.6 is 15.9 Å². The monoisotopic (exact) mass is 330 g/mol. The maximum absolute atomic E-state index is 13.2. The first-order valence-corrected chi connectivity index (χ1v) is 6.91. The lowest BCUT2D eigenvalue weighted by atomic mass is 10.1. The number of nitrogens with one attached hydrogen (secondary N) is 1. The molecule has 4 nitrogen and oxygen atoms in total. The summed E-state index contributed by atoms with van der Waals surface area (Å²) >= 11 is 3.09. The zero-order valence-corrected chi connectivity index (χ0v) is 12.2. The predicted octanol–water partition coefficient (Wildman–Crippen LogP) is 1.65. The average molecular weight is 331 g/mol. The highest BCUT2D eigenvalue weighted by Crippen LogP contribution is 2.19. The topological polar surface area (TPSA) is 41.6 Å². The molecule has 1 amide bonds.